The number of benzene rings is 2. The van der Waals surface area contributed by atoms with E-state index in [1.807, 2.05) is 55.9 Å². The Bertz CT molecular complexity index is 1540. The van der Waals surface area contributed by atoms with E-state index in [1.54, 1.807) is 19.5 Å². The quantitative estimate of drug-likeness (QED) is 0.287. The van der Waals surface area contributed by atoms with Crippen molar-refractivity contribution in [2.24, 2.45) is 13.0 Å². The van der Waals surface area contributed by atoms with Crippen LogP contribution in [-0.2, 0) is 11.6 Å². The van der Waals surface area contributed by atoms with E-state index in [9.17, 15) is 9.67 Å². The number of aromatic nitrogens is 4. The van der Waals surface area contributed by atoms with Crippen LogP contribution in [0.4, 0.5) is 29.0 Å². The molecule has 0 radical (unpaired) electrons. The first-order valence-electron chi connectivity index (χ1n) is 12.1. The highest BCUT2D eigenvalue weighted by Gasteiger charge is 2.29. The Morgan fingerprint density at radius 1 is 1.16 bits per heavy atom. The summed E-state index contributed by atoms with van der Waals surface area (Å²) >= 11 is 6.44. The van der Waals surface area contributed by atoms with Crippen LogP contribution in [0.1, 0.15) is 11.1 Å². The molecule has 11 heteroatoms. The van der Waals surface area contributed by atoms with Gasteiger partial charge < -0.3 is 25.2 Å². The van der Waals surface area contributed by atoms with Gasteiger partial charge in [0.2, 0.25) is 5.95 Å². The highest BCUT2D eigenvalue weighted by molar-refractivity contribution is 7.70. The molecule has 37 heavy (non-hydrogen) atoms. The second kappa shape index (κ2) is 9.63. The van der Waals surface area contributed by atoms with Gasteiger partial charge in [0.25, 0.3) is 0 Å². The van der Waals surface area contributed by atoms with Gasteiger partial charge in [-0.25, -0.2) is 4.98 Å². The zero-order chi connectivity index (χ0) is 26.5. The summed E-state index contributed by atoms with van der Waals surface area (Å²) in [6, 6.07) is 9.91. The summed E-state index contributed by atoms with van der Waals surface area (Å²) in [5, 5.41) is 22.8. The molecule has 0 atom stereocenters. The Morgan fingerprint density at radius 2 is 1.92 bits per heavy atom. The Kier molecular flexibility index (Phi) is 6.64. The third-order valence-electron chi connectivity index (χ3n) is 6.84. The van der Waals surface area contributed by atoms with Gasteiger partial charge in [-0.15, -0.1) is 0 Å². The number of nitrogens with zero attached hydrogens (tertiary/aromatic N) is 5. The Morgan fingerprint density at radius 3 is 2.62 bits per heavy atom. The van der Waals surface area contributed by atoms with Gasteiger partial charge in [-0.3, -0.25) is 4.68 Å². The molecule has 0 aliphatic carbocycles. The van der Waals surface area contributed by atoms with E-state index in [1.165, 1.54) is 0 Å². The van der Waals surface area contributed by atoms with Crippen molar-refractivity contribution in [2.45, 2.75) is 13.8 Å². The Labute approximate surface area is 221 Å². The molecule has 1 aliphatic heterocycles. The summed E-state index contributed by atoms with van der Waals surface area (Å²) in [6.07, 6.45) is 1.54. The molecule has 2 aromatic carbocycles. The lowest BCUT2D eigenvalue weighted by atomic mass is 10.0. The Balaban J connectivity index is 1.42. The molecule has 0 spiro atoms. The molecule has 0 saturated carbocycles. The zero-order valence-corrected chi connectivity index (χ0v) is 23.2. The topological polar surface area (TPSA) is 108 Å². The first-order chi connectivity index (χ1) is 17.5. The summed E-state index contributed by atoms with van der Waals surface area (Å²) in [4.78, 5) is 11.1. The number of aliphatic hydroxyl groups excluding tert-OH is 1. The SMILES string of the molecule is Cc1ccc(Nc2nc(Nc3ccc4c(N5CC(CO)C5)nn(C)c4c3)ncc2Cl)c(P(C)(C)=O)c1C. The molecule has 194 valence electrons. The third kappa shape index (κ3) is 4.91. The second-order valence-electron chi connectivity index (χ2n) is 10.0. The van der Waals surface area contributed by atoms with Crippen molar-refractivity contribution >= 4 is 63.9 Å². The second-order valence-corrected chi connectivity index (χ2v) is 13.6. The van der Waals surface area contributed by atoms with Gasteiger partial charge >= 0.3 is 0 Å². The first-order valence-corrected chi connectivity index (χ1v) is 15.1. The maximum atomic E-state index is 13.1. The van der Waals surface area contributed by atoms with Crippen molar-refractivity contribution < 1.29 is 9.67 Å². The van der Waals surface area contributed by atoms with Crippen molar-refractivity contribution in [2.75, 3.05) is 48.6 Å². The van der Waals surface area contributed by atoms with Gasteiger partial charge in [-0.1, -0.05) is 17.7 Å². The maximum absolute atomic E-state index is 13.1. The van der Waals surface area contributed by atoms with Crippen LogP contribution < -0.4 is 20.8 Å². The molecule has 2 aromatic heterocycles. The maximum Gasteiger partial charge on any atom is 0.229 e. The molecule has 0 unspecified atom stereocenters. The minimum Gasteiger partial charge on any atom is -0.396 e. The molecule has 4 aromatic rings. The number of anilines is 5. The highest BCUT2D eigenvalue weighted by Crippen LogP contribution is 2.41. The van der Waals surface area contributed by atoms with Crippen LogP contribution in [0.2, 0.25) is 5.02 Å². The van der Waals surface area contributed by atoms with E-state index in [0.29, 0.717) is 22.7 Å². The molecule has 1 fully saturated rings. The van der Waals surface area contributed by atoms with Crippen molar-refractivity contribution in [1.29, 1.82) is 0 Å². The number of halogens is 1. The van der Waals surface area contributed by atoms with E-state index in [2.05, 4.69) is 25.5 Å². The van der Waals surface area contributed by atoms with Gasteiger partial charge in [-0.05, 0) is 62.6 Å². The first kappa shape index (κ1) is 25.5. The lowest BCUT2D eigenvalue weighted by Gasteiger charge is -2.38. The van der Waals surface area contributed by atoms with Crippen molar-refractivity contribution in [3.8, 4) is 0 Å². The Hall–Kier alpha value is -3.13. The van der Waals surface area contributed by atoms with Crippen LogP contribution >= 0.6 is 18.7 Å². The van der Waals surface area contributed by atoms with E-state index in [-0.39, 0.29) is 6.61 Å². The van der Waals surface area contributed by atoms with Crippen molar-refractivity contribution in [1.82, 2.24) is 19.7 Å². The lowest BCUT2D eigenvalue weighted by Crippen LogP contribution is -2.48. The minimum atomic E-state index is -2.56. The fourth-order valence-corrected chi connectivity index (χ4v) is 6.61. The lowest BCUT2D eigenvalue weighted by molar-refractivity contribution is 0.200. The molecular formula is C26H31ClN7O2P. The summed E-state index contributed by atoms with van der Waals surface area (Å²) < 4.78 is 14.9. The number of hydrogen-bond acceptors (Lipinski definition) is 8. The van der Waals surface area contributed by atoms with Crippen LogP contribution in [0.5, 0.6) is 0 Å². The molecule has 3 heterocycles. The third-order valence-corrected chi connectivity index (χ3v) is 8.77. The van der Waals surface area contributed by atoms with Crippen molar-refractivity contribution in [3.63, 3.8) is 0 Å². The van der Waals surface area contributed by atoms with Gasteiger partial charge in [0.05, 0.1) is 17.4 Å². The van der Waals surface area contributed by atoms with Crippen LogP contribution in [0.15, 0.2) is 36.5 Å². The number of nitrogens with one attached hydrogen (secondary N) is 2. The van der Waals surface area contributed by atoms with Crippen LogP contribution in [0, 0.1) is 19.8 Å². The fraction of sp³-hybridized carbons (Fsp3) is 0.346. The van der Waals surface area contributed by atoms with Gasteiger partial charge in [0.15, 0.2) is 11.6 Å². The number of hydrogen-bond donors (Lipinski definition) is 3. The zero-order valence-electron chi connectivity index (χ0n) is 21.6. The molecule has 1 saturated heterocycles. The van der Waals surface area contributed by atoms with Crippen molar-refractivity contribution in [3.05, 3.63) is 52.7 Å². The average molecular weight is 540 g/mol. The molecular weight excluding hydrogens is 509 g/mol. The number of rotatable bonds is 7. The summed E-state index contributed by atoms with van der Waals surface area (Å²) in [5.41, 5.74) is 4.58. The van der Waals surface area contributed by atoms with Crippen LogP contribution in [0.3, 0.4) is 0 Å². The van der Waals surface area contributed by atoms with E-state index in [4.69, 9.17) is 16.7 Å². The van der Waals surface area contributed by atoms with Gasteiger partial charge in [-0.2, -0.15) is 10.1 Å². The predicted molar refractivity (Wildman–Crippen MR) is 152 cm³/mol. The van der Waals surface area contributed by atoms with Crippen LogP contribution in [0.25, 0.3) is 10.9 Å². The molecule has 0 bridgehead atoms. The molecule has 0 amide bonds. The van der Waals surface area contributed by atoms with Gasteiger partial charge in [0, 0.05) is 49.0 Å². The summed E-state index contributed by atoms with van der Waals surface area (Å²) in [7, 11) is -0.647. The van der Waals surface area contributed by atoms with E-state index >= 15 is 0 Å². The van der Waals surface area contributed by atoms with E-state index < -0.39 is 7.14 Å². The predicted octanol–water partition coefficient (Wildman–Crippen LogP) is 4.80. The highest BCUT2D eigenvalue weighted by atomic mass is 35.5. The number of aryl methyl sites for hydroxylation is 2. The largest absolute Gasteiger partial charge is 0.396 e. The number of fused-ring (bicyclic) bond motifs is 1. The van der Waals surface area contributed by atoms with Gasteiger partial charge in [0.1, 0.15) is 12.2 Å². The number of aliphatic hydroxyl groups is 1. The summed E-state index contributed by atoms with van der Waals surface area (Å²) in [6.45, 7) is 9.35. The average Bonchev–Trinajstić information content (AvgIpc) is 3.12. The van der Waals surface area contributed by atoms with E-state index in [0.717, 1.165) is 57.6 Å². The summed E-state index contributed by atoms with van der Waals surface area (Å²) in [5.74, 6) is 2.04. The smallest absolute Gasteiger partial charge is 0.229 e. The fourth-order valence-electron chi connectivity index (χ4n) is 4.78. The van der Waals surface area contributed by atoms with Crippen LogP contribution in [-0.4, -0.2) is 57.9 Å². The molecule has 1 aliphatic rings. The molecule has 9 nitrogen and oxygen atoms in total. The minimum absolute atomic E-state index is 0.203. The standard InChI is InChI=1S/C26H31ClN7O2P/c1-15-6-9-21(23(16(15)2)37(4,5)36)30-24-20(27)11-28-26(31-24)29-18-7-8-19-22(10-18)33(3)32-25(19)34-12-17(13-34)14-35/h6-11,17,35H,12-14H2,1-5H3,(H2,28,29,30,31). The monoisotopic (exact) mass is 539 g/mol. The molecule has 5 rings (SSSR count). The normalized spacial score (nSPS) is 14.2. The molecule has 3 N–H and O–H groups in total.